The van der Waals surface area contributed by atoms with Gasteiger partial charge in [0.15, 0.2) is 5.82 Å². The third-order valence-electron chi connectivity index (χ3n) is 1.76. The van der Waals surface area contributed by atoms with Gasteiger partial charge in [-0.05, 0) is 0 Å². The van der Waals surface area contributed by atoms with Crippen molar-refractivity contribution in [1.82, 2.24) is 19.9 Å². The fourth-order valence-electron chi connectivity index (χ4n) is 1.02. The zero-order valence-corrected chi connectivity index (χ0v) is 7.65. The maximum Gasteiger partial charge on any atom is 0.491 e. The Morgan fingerprint density at radius 1 is 0.933 bits per heavy atom. The first kappa shape index (κ1) is 9.69. The Labute approximate surface area is 85.8 Å². The molecule has 2 N–H and O–H groups in total. The van der Waals surface area contributed by atoms with Crippen LogP contribution in [0.1, 0.15) is 0 Å². The van der Waals surface area contributed by atoms with E-state index in [4.69, 9.17) is 10.0 Å². The summed E-state index contributed by atoms with van der Waals surface area (Å²) >= 11 is 0. The molecule has 6 nitrogen and oxygen atoms in total. The normalized spacial score (nSPS) is 10.0. The molecule has 0 fully saturated rings. The van der Waals surface area contributed by atoms with Crippen LogP contribution in [0.4, 0.5) is 0 Å². The molecule has 0 saturated carbocycles. The molecule has 7 heteroatoms. The third kappa shape index (κ3) is 2.14. The van der Waals surface area contributed by atoms with Gasteiger partial charge in [-0.25, -0.2) is 15.0 Å². The first-order chi connectivity index (χ1) is 7.27. The van der Waals surface area contributed by atoms with Gasteiger partial charge in [-0.1, -0.05) is 0 Å². The Hall–Kier alpha value is -1.86. The average molecular weight is 202 g/mol. The zero-order chi connectivity index (χ0) is 10.7. The predicted molar refractivity (Wildman–Crippen MR) is 52.9 cm³/mol. The van der Waals surface area contributed by atoms with E-state index in [1.165, 1.54) is 24.8 Å². The lowest BCUT2D eigenvalue weighted by molar-refractivity contribution is 0.425. The number of hydrogen-bond donors (Lipinski definition) is 2. The van der Waals surface area contributed by atoms with E-state index >= 15 is 0 Å². The van der Waals surface area contributed by atoms with Crippen LogP contribution < -0.4 is 5.46 Å². The molecule has 0 aromatic carbocycles. The Morgan fingerprint density at radius 2 is 1.67 bits per heavy atom. The summed E-state index contributed by atoms with van der Waals surface area (Å²) in [4.78, 5) is 15.8. The molecule has 15 heavy (non-hydrogen) atoms. The minimum absolute atomic E-state index is 0.239. The van der Waals surface area contributed by atoms with Crippen LogP contribution in [0.25, 0.3) is 11.5 Å². The average Bonchev–Trinajstić information content (AvgIpc) is 2.30. The molecule has 0 aliphatic rings. The molecule has 0 amide bonds. The molecule has 0 unspecified atom stereocenters. The lowest BCUT2D eigenvalue weighted by Crippen LogP contribution is -2.30. The molecular weight excluding hydrogens is 195 g/mol. The predicted octanol–water partition coefficient (Wildman–Crippen LogP) is -1.39. The first-order valence-corrected chi connectivity index (χ1v) is 4.22. The smallest absolute Gasteiger partial charge is 0.423 e. The molecule has 0 radical (unpaired) electrons. The van der Waals surface area contributed by atoms with Gasteiger partial charge in [0.25, 0.3) is 0 Å². The Balaban J connectivity index is 2.32. The molecule has 0 spiro atoms. The molecule has 0 saturated heterocycles. The van der Waals surface area contributed by atoms with E-state index in [-0.39, 0.29) is 5.46 Å². The summed E-state index contributed by atoms with van der Waals surface area (Å²) < 4.78 is 0. The van der Waals surface area contributed by atoms with Gasteiger partial charge in [0.2, 0.25) is 0 Å². The van der Waals surface area contributed by atoms with E-state index in [9.17, 15) is 0 Å². The summed E-state index contributed by atoms with van der Waals surface area (Å²) in [7, 11) is -1.55. The van der Waals surface area contributed by atoms with Crippen LogP contribution >= 0.6 is 0 Å². The van der Waals surface area contributed by atoms with E-state index < -0.39 is 7.12 Å². The monoisotopic (exact) mass is 202 g/mol. The van der Waals surface area contributed by atoms with Crippen molar-refractivity contribution >= 4 is 12.6 Å². The lowest BCUT2D eigenvalue weighted by atomic mass is 9.83. The number of nitrogens with zero attached hydrogens (tertiary/aromatic N) is 4. The fourth-order valence-corrected chi connectivity index (χ4v) is 1.02. The van der Waals surface area contributed by atoms with E-state index in [2.05, 4.69) is 19.9 Å². The van der Waals surface area contributed by atoms with Gasteiger partial charge in [0, 0.05) is 30.3 Å². The maximum absolute atomic E-state index is 8.83. The van der Waals surface area contributed by atoms with Gasteiger partial charge >= 0.3 is 7.12 Å². The van der Waals surface area contributed by atoms with Gasteiger partial charge in [0.1, 0.15) is 5.69 Å². The second-order valence-electron chi connectivity index (χ2n) is 2.80. The Morgan fingerprint density at radius 3 is 2.20 bits per heavy atom. The second kappa shape index (κ2) is 4.12. The Bertz CT molecular complexity index is 434. The molecule has 2 aromatic rings. The van der Waals surface area contributed by atoms with Crippen molar-refractivity contribution in [2.75, 3.05) is 0 Å². The lowest BCUT2D eigenvalue weighted by Gasteiger charge is -2.00. The molecule has 74 valence electrons. The minimum Gasteiger partial charge on any atom is -0.423 e. The van der Waals surface area contributed by atoms with Crippen molar-refractivity contribution in [3.8, 4) is 11.5 Å². The second-order valence-corrected chi connectivity index (χ2v) is 2.80. The summed E-state index contributed by atoms with van der Waals surface area (Å²) in [5.74, 6) is 0.396. The number of hydrogen-bond acceptors (Lipinski definition) is 6. The molecule has 0 bridgehead atoms. The minimum atomic E-state index is -1.55. The molecule has 0 aliphatic heterocycles. The number of rotatable bonds is 2. The molecule has 0 aliphatic carbocycles. The van der Waals surface area contributed by atoms with Gasteiger partial charge in [-0.3, -0.25) is 4.98 Å². The van der Waals surface area contributed by atoms with Crippen LogP contribution in [-0.2, 0) is 0 Å². The highest BCUT2D eigenvalue weighted by Gasteiger charge is 2.12. The summed E-state index contributed by atoms with van der Waals surface area (Å²) in [6.45, 7) is 0. The quantitative estimate of drug-likeness (QED) is 0.582. The van der Waals surface area contributed by atoms with E-state index in [0.29, 0.717) is 11.5 Å². The summed E-state index contributed by atoms with van der Waals surface area (Å²) in [5.41, 5.74) is 0.777. The van der Waals surface area contributed by atoms with Crippen LogP contribution in [0.5, 0.6) is 0 Å². The van der Waals surface area contributed by atoms with E-state index in [1.54, 1.807) is 6.20 Å². The standard InChI is InChI=1S/C8H7BN4O2/c14-9(15)6-3-12-8(13-4-6)7-5-10-1-2-11-7/h1-5,14-15H. The summed E-state index contributed by atoms with van der Waals surface area (Å²) in [5, 5.41) is 17.7. The van der Waals surface area contributed by atoms with Gasteiger partial charge in [-0.15, -0.1) is 0 Å². The van der Waals surface area contributed by atoms with E-state index in [1.807, 2.05) is 0 Å². The molecule has 2 aromatic heterocycles. The van der Waals surface area contributed by atoms with Crippen LogP contribution in [0.2, 0.25) is 0 Å². The van der Waals surface area contributed by atoms with Crippen molar-refractivity contribution in [1.29, 1.82) is 0 Å². The highest BCUT2D eigenvalue weighted by molar-refractivity contribution is 6.58. The van der Waals surface area contributed by atoms with Crippen molar-refractivity contribution in [2.24, 2.45) is 0 Å². The zero-order valence-electron chi connectivity index (χ0n) is 7.65. The third-order valence-corrected chi connectivity index (χ3v) is 1.76. The van der Waals surface area contributed by atoms with Crippen LogP contribution in [0, 0.1) is 0 Å². The highest BCUT2D eigenvalue weighted by Crippen LogP contribution is 2.05. The molecular formula is C8H7BN4O2. The number of aromatic nitrogens is 4. The van der Waals surface area contributed by atoms with Crippen molar-refractivity contribution in [3.05, 3.63) is 31.0 Å². The maximum atomic E-state index is 8.83. The fraction of sp³-hybridized carbons (Fsp3) is 0. The Kier molecular flexibility index (Phi) is 2.66. The molecule has 2 heterocycles. The van der Waals surface area contributed by atoms with Gasteiger partial charge in [0.05, 0.1) is 6.20 Å². The van der Waals surface area contributed by atoms with Crippen molar-refractivity contribution in [3.63, 3.8) is 0 Å². The largest absolute Gasteiger partial charge is 0.491 e. The highest BCUT2D eigenvalue weighted by atomic mass is 16.4. The summed E-state index contributed by atoms with van der Waals surface area (Å²) in [6.07, 6.45) is 7.29. The van der Waals surface area contributed by atoms with Crippen LogP contribution in [0.3, 0.4) is 0 Å². The topological polar surface area (TPSA) is 92.0 Å². The van der Waals surface area contributed by atoms with Crippen LogP contribution in [0.15, 0.2) is 31.0 Å². The SMILES string of the molecule is OB(O)c1cnc(-c2cnccn2)nc1. The first-order valence-electron chi connectivity index (χ1n) is 4.22. The van der Waals surface area contributed by atoms with E-state index in [0.717, 1.165) is 0 Å². The van der Waals surface area contributed by atoms with Gasteiger partial charge in [-0.2, -0.15) is 0 Å². The molecule has 2 rings (SSSR count). The van der Waals surface area contributed by atoms with Crippen LogP contribution in [-0.4, -0.2) is 37.1 Å². The summed E-state index contributed by atoms with van der Waals surface area (Å²) in [6, 6.07) is 0. The van der Waals surface area contributed by atoms with Crippen molar-refractivity contribution < 1.29 is 10.0 Å². The molecule has 0 atom stereocenters. The van der Waals surface area contributed by atoms with Gasteiger partial charge < -0.3 is 10.0 Å². The van der Waals surface area contributed by atoms with Crippen molar-refractivity contribution in [2.45, 2.75) is 0 Å².